The maximum absolute atomic E-state index is 12.2. The van der Waals surface area contributed by atoms with Gasteiger partial charge in [0, 0.05) is 39.3 Å². The molecule has 1 saturated heterocycles. The van der Waals surface area contributed by atoms with Crippen LogP contribution in [0.2, 0.25) is 0 Å². The molecular formula is C21H29N3O3S. The number of nitrogens with zero attached hydrogens (tertiary/aromatic N) is 2. The largest absolute Gasteiger partial charge is 0.492 e. The Hall–Kier alpha value is -1.93. The lowest BCUT2D eigenvalue weighted by Crippen LogP contribution is -2.45. The third-order valence-corrected chi connectivity index (χ3v) is 6.43. The van der Waals surface area contributed by atoms with Crippen LogP contribution in [0.15, 0.2) is 59.5 Å². The molecule has 1 N–H and O–H groups in total. The molecule has 0 spiro atoms. The normalized spacial score (nSPS) is 16.2. The standard InChI is InChI=1S/C21H29N3O3S/c1-23-13-15-24(16-14-23)17-18-27-20-9-7-19(8-10-20)11-12-22-28(25,26)21-5-3-2-4-6-21/h2-10,22H,11-18H2,1H3. The summed E-state index contributed by atoms with van der Waals surface area (Å²) < 4.78 is 32.9. The van der Waals surface area contributed by atoms with Gasteiger partial charge in [0.2, 0.25) is 10.0 Å². The van der Waals surface area contributed by atoms with E-state index in [1.165, 1.54) is 0 Å². The second kappa shape index (κ2) is 10.0. The van der Waals surface area contributed by atoms with Crippen LogP contribution in [0.4, 0.5) is 0 Å². The van der Waals surface area contributed by atoms with Gasteiger partial charge in [-0.2, -0.15) is 0 Å². The second-order valence-corrected chi connectivity index (χ2v) is 8.87. The summed E-state index contributed by atoms with van der Waals surface area (Å²) in [5.74, 6) is 0.850. The van der Waals surface area contributed by atoms with E-state index in [0.717, 1.165) is 44.0 Å². The minimum atomic E-state index is -3.45. The fourth-order valence-electron chi connectivity index (χ4n) is 3.13. The predicted octanol–water partition coefficient (Wildman–Crippen LogP) is 1.83. The summed E-state index contributed by atoms with van der Waals surface area (Å²) in [6.45, 7) is 6.40. The highest BCUT2D eigenvalue weighted by Gasteiger charge is 2.13. The van der Waals surface area contributed by atoms with Crippen LogP contribution in [0.25, 0.3) is 0 Å². The van der Waals surface area contributed by atoms with Crippen molar-refractivity contribution in [1.82, 2.24) is 14.5 Å². The Balaban J connectivity index is 1.38. The highest BCUT2D eigenvalue weighted by atomic mass is 32.2. The van der Waals surface area contributed by atoms with Gasteiger partial charge in [-0.25, -0.2) is 13.1 Å². The van der Waals surface area contributed by atoms with Crippen LogP contribution < -0.4 is 9.46 Å². The van der Waals surface area contributed by atoms with Crippen LogP contribution >= 0.6 is 0 Å². The van der Waals surface area contributed by atoms with Gasteiger partial charge in [-0.15, -0.1) is 0 Å². The molecule has 0 amide bonds. The molecule has 7 heteroatoms. The molecule has 1 fully saturated rings. The van der Waals surface area contributed by atoms with Crippen molar-refractivity contribution in [3.8, 4) is 5.75 Å². The van der Waals surface area contributed by atoms with Crippen molar-refractivity contribution in [2.75, 3.05) is 52.9 Å². The molecule has 0 aliphatic carbocycles. The van der Waals surface area contributed by atoms with Gasteiger partial charge in [0.15, 0.2) is 0 Å². The fourth-order valence-corrected chi connectivity index (χ4v) is 4.18. The highest BCUT2D eigenvalue weighted by Crippen LogP contribution is 2.13. The molecule has 1 aliphatic heterocycles. The molecule has 28 heavy (non-hydrogen) atoms. The summed E-state index contributed by atoms with van der Waals surface area (Å²) in [6.07, 6.45) is 0.633. The first-order valence-electron chi connectivity index (χ1n) is 9.70. The quantitative estimate of drug-likeness (QED) is 0.692. The fraction of sp³-hybridized carbons (Fsp3) is 0.429. The monoisotopic (exact) mass is 403 g/mol. The van der Waals surface area contributed by atoms with E-state index in [2.05, 4.69) is 21.6 Å². The van der Waals surface area contributed by atoms with Crippen LogP contribution in [0.5, 0.6) is 5.75 Å². The Bertz CT molecular complexity index is 818. The van der Waals surface area contributed by atoms with Crippen LogP contribution in [-0.2, 0) is 16.4 Å². The molecule has 152 valence electrons. The Kier molecular flexibility index (Phi) is 7.44. The Morgan fingerprint density at radius 1 is 0.964 bits per heavy atom. The van der Waals surface area contributed by atoms with Gasteiger partial charge in [-0.1, -0.05) is 30.3 Å². The van der Waals surface area contributed by atoms with Crippen molar-refractivity contribution in [2.45, 2.75) is 11.3 Å². The van der Waals surface area contributed by atoms with Crippen molar-refractivity contribution < 1.29 is 13.2 Å². The first-order chi connectivity index (χ1) is 13.5. The van der Waals surface area contributed by atoms with Crippen LogP contribution in [0.3, 0.4) is 0 Å². The first-order valence-corrected chi connectivity index (χ1v) is 11.2. The molecule has 0 radical (unpaired) electrons. The summed E-state index contributed by atoms with van der Waals surface area (Å²) >= 11 is 0. The van der Waals surface area contributed by atoms with Crippen molar-refractivity contribution in [2.24, 2.45) is 0 Å². The van der Waals surface area contributed by atoms with E-state index in [1.54, 1.807) is 30.3 Å². The number of hydrogen-bond acceptors (Lipinski definition) is 5. The molecule has 6 nitrogen and oxygen atoms in total. The minimum absolute atomic E-state index is 0.291. The third-order valence-electron chi connectivity index (χ3n) is 4.95. The SMILES string of the molecule is CN1CCN(CCOc2ccc(CCNS(=O)(=O)c3ccccc3)cc2)CC1. The van der Waals surface area contributed by atoms with Gasteiger partial charge in [0.1, 0.15) is 12.4 Å². The Morgan fingerprint density at radius 2 is 1.64 bits per heavy atom. The topological polar surface area (TPSA) is 61.9 Å². The van der Waals surface area contributed by atoms with Gasteiger partial charge < -0.3 is 9.64 Å². The average Bonchev–Trinajstić information content (AvgIpc) is 2.71. The molecule has 1 heterocycles. The van der Waals surface area contributed by atoms with E-state index in [9.17, 15) is 8.42 Å². The lowest BCUT2D eigenvalue weighted by atomic mass is 10.1. The van der Waals surface area contributed by atoms with Gasteiger partial charge in [0.05, 0.1) is 4.90 Å². The third kappa shape index (κ3) is 6.31. The van der Waals surface area contributed by atoms with Crippen molar-refractivity contribution in [3.05, 3.63) is 60.2 Å². The summed E-state index contributed by atoms with van der Waals surface area (Å²) in [5.41, 5.74) is 1.07. The molecule has 2 aromatic carbocycles. The number of ether oxygens (including phenoxy) is 1. The molecule has 0 bridgehead atoms. The summed E-state index contributed by atoms with van der Waals surface area (Å²) in [5, 5.41) is 0. The van der Waals surface area contributed by atoms with Gasteiger partial charge >= 0.3 is 0 Å². The van der Waals surface area contributed by atoms with Crippen LogP contribution in [0.1, 0.15) is 5.56 Å². The highest BCUT2D eigenvalue weighted by molar-refractivity contribution is 7.89. The molecule has 0 atom stereocenters. The second-order valence-electron chi connectivity index (χ2n) is 7.10. The van der Waals surface area contributed by atoms with E-state index in [-0.39, 0.29) is 0 Å². The zero-order valence-corrected chi connectivity index (χ0v) is 17.2. The molecule has 3 rings (SSSR count). The van der Waals surface area contributed by atoms with E-state index < -0.39 is 10.0 Å². The van der Waals surface area contributed by atoms with E-state index >= 15 is 0 Å². The number of nitrogens with one attached hydrogen (secondary N) is 1. The average molecular weight is 404 g/mol. The van der Waals surface area contributed by atoms with Crippen LogP contribution in [-0.4, -0.2) is 71.1 Å². The molecular weight excluding hydrogens is 374 g/mol. The molecule has 0 unspecified atom stereocenters. The predicted molar refractivity (Wildman–Crippen MR) is 111 cm³/mol. The number of hydrogen-bond donors (Lipinski definition) is 1. The maximum Gasteiger partial charge on any atom is 0.240 e. The molecule has 2 aromatic rings. The molecule has 1 aliphatic rings. The Labute approximate surface area is 168 Å². The van der Waals surface area contributed by atoms with Crippen molar-refractivity contribution >= 4 is 10.0 Å². The van der Waals surface area contributed by atoms with E-state index in [0.29, 0.717) is 24.5 Å². The zero-order chi connectivity index (χ0) is 19.8. The lowest BCUT2D eigenvalue weighted by Gasteiger charge is -2.32. The number of benzene rings is 2. The lowest BCUT2D eigenvalue weighted by molar-refractivity contribution is 0.134. The number of rotatable bonds is 9. The summed E-state index contributed by atoms with van der Waals surface area (Å²) in [7, 11) is -1.29. The number of likely N-dealkylation sites (N-methyl/N-ethyl adjacent to an activating group) is 1. The first kappa shape index (κ1) is 20.8. The maximum atomic E-state index is 12.2. The zero-order valence-electron chi connectivity index (χ0n) is 16.4. The molecule has 0 saturated carbocycles. The molecule has 0 aromatic heterocycles. The van der Waals surface area contributed by atoms with Crippen molar-refractivity contribution in [3.63, 3.8) is 0 Å². The van der Waals surface area contributed by atoms with Gasteiger partial charge in [0.25, 0.3) is 0 Å². The summed E-state index contributed by atoms with van der Waals surface area (Å²) in [4.78, 5) is 5.06. The number of piperazine rings is 1. The van der Waals surface area contributed by atoms with Crippen LogP contribution in [0, 0.1) is 0 Å². The van der Waals surface area contributed by atoms with E-state index in [4.69, 9.17) is 4.74 Å². The van der Waals surface area contributed by atoms with Gasteiger partial charge in [-0.05, 0) is 43.3 Å². The smallest absolute Gasteiger partial charge is 0.240 e. The minimum Gasteiger partial charge on any atom is -0.492 e. The van der Waals surface area contributed by atoms with Crippen molar-refractivity contribution in [1.29, 1.82) is 0 Å². The summed E-state index contributed by atoms with van der Waals surface area (Å²) in [6, 6.07) is 16.3. The van der Waals surface area contributed by atoms with E-state index in [1.807, 2.05) is 24.3 Å². The Morgan fingerprint density at radius 3 is 2.32 bits per heavy atom. The van der Waals surface area contributed by atoms with Gasteiger partial charge in [-0.3, -0.25) is 4.90 Å². The number of sulfonamides is 1.